The Bertz CT molecular complexity index is 382. The molecule has 0 bridgehead atoms. The number of methoxy groups -OCH3 is 2. The molecule has 118 valence electrons. The highest BCUT2D eigenvalue weighted by Gasteiger charge is 2.19. The summed E-state index contributed by atoms with van der Waals surface area (Å²) in [5.74, 6) is 0. The molecule has 0 saturated heterocycles. The number of rotatable bonds is 11. The number of benzene rings is 1. The first-order valence-corrected chi connectivity index (χ1v) is 7.83. The van der Waals surface area contributed by atoms with Gasteiger partial charge in [0.05, 0.1) is 13.2 Å². The molecule has 4 heteroatoms. The number of nitrogens with one attached hydrogen (secondary N) is 1. The van der Waals surface area contributed by atoms with E-state index in [0.717, 1.165) is 45.4 Å². The van der Waals surface area contributed by atoms with Crippen molar-refractivity contribution in [3.63, 3.8) is 0 Å². The van der Waals surface area contributed by atoms with Gasteiger partial charge in [-0.1, -0.05) is 24.3 Å². The molecule has 2 rings (SSSR count). The molecule has 21 heavy (non-hydrogen) atoms. The van der Waals surface area contributed by atoms with Gasteiger partial charge in [0.25, 0.3) is 0 Å². The predicted octanol–water partition coefficient (Wildman–Crippen LogP) is 2.03. The molecule has 4 nitrogen and oxygen atoms in total. The van der Waals surface area contributed by atoms with Crippen LogP contribution in [0, 0.1) is 0 Å². The smallest absolute Gasteiger partial charge is 0.0589 e. The number of ether oxygens (including phenoxy) is 2. The van der Waals surface area contributed by atoms with Gasteiger partial charge >= 0.3 is 0 Å². The highest BCUT2D eigenvalue weighted by atomic mass is 16.5. The van der Waals surface area contributed by atoms with E-state index in [4.69, 9.17) is 9.47 Å². The summed E-state index contributed by atoms with van der Waals surface area (Å²) in [6.07, 6.45) is 2.68. The van der Waals surface area contributed by atoms with E-state index in [-0.39, 0.29) is 0 Å². The minimum atomic E-state index is 0.757. The summed E-state index contributed by atoms with van der Waals surface area (Å²) in [6.45, 7) is 5.32. The quantitative estimate of drug-likeness (QED) is 0.677. The highest BCUT2D eigenvalue weighted by molar-refractivity contribution is 5.22. The van der Waals surface area contributed by atoms with Crippen LogP contribution in [0.5, 0.6) is 0 Å². The Morgan fingerprint density at radius 2 is 1.57 bits per heavy atom. The van der Waals surface area contributed by atoms with Crippen LogP contribution in [0.4, 0.5) is 0 Å². The van der Waals surface area contributed by atoms with E-state index in [9.17, 15) is 0 Å². The van der Waals surface area contributed by atoms with Crippen LogP contribution < -0.4 is 5.32 Å². The third-order valence-electron chi connectivity index (χ3n) is 3.82. The molecule has 1 aromatic rings. The Kier molecular flexibility index (Phi) is 7.16. The molecule has 0 heterocycles. The number of hydrogen-bond acceptors (Lipinski definition) is 4. The monoisotopic (exact) mass is 292 g/mol. The normalized spacial score (nSPS) is 14.8. The van der Waals surface area contributed by atoms with Crippen molar-refractivity contribution in [1.82, 2.24) is 10.2 Å². The SMILES string of the molecule is COCCN(CCOC)Cc1ccc(CNC2CC2)cc1. The Balaban J connectivity index is 1.80. The van der Waals surface area contributed by atoms with E-state index in [2.05, 4.69) is 34.5 Å². The lowest BCUT2D eigenvalue weighted by molar-refractivity contribution is 0.110. The van der Waals surface area contributed by atoms with Crippen molar-refractivity contribution < 1.29 is 9.47 Å². The van der Waals surface area contributed by atoms with E-state index in [1.54, 1.807) is 14.2 Å². The second-order valence-corrected chi connectivity index (χ2v) is 5.73. The van der Waals surface area contributed by atoms with Crippen LogP contribution in [0.3, 0.4) is 0 Å². The molecule has 1 saturated carbocycles. The molecule has 0 radical (unpaired) electrons. The van der Waals surface area contributed by atoms with Crippen molar-refractivity contribution in [2.75, 3.05) is 40.5 Å². The number of nitrogens with zero attached hydrogens (tertiary/aromatic N) is 1. The van der Waals surface area contributed by atoms with Gasteiger partial charge in [-0.15, -0.1) is 0 Å². The van der Waals surface area contributed by atoms with Gasteiger partial charge in [-0.25, -0.2) is 0 Å². The van der Waals surface area contributed by atoms with E-state index in [0.29, 0.717) is 0 Å². The third-order valence-corrected chi connectivity index (χ3v) is 3.82. The van der Waals surface area contributed by atoms with Crippen LogP contribution in [-0.4, -0.2) is 51.5 Å². The van der Waals surface area contributed by atoms with Gasteiger partial charge in [0.2, 0.25) is 0 Å². The third kappa shape index (κ3) is 6.57. The molecule has 0 spiro atoms. The van der Waals surface area contributed by atoms with E-state index >= 15 is 0 Å². The fourth-order valence-corrected chi connectivity index (χ4v) is 2.28. The zero-order chi connectivity index (χ0) is 14.9. The lowest BCUT2D eigenvalue weighted by atomic mass is 10.1. The molecule has 1 aromatic carbocycles. The molecule has 1 aliphatic carbocycles. The molecule has 0 aromatic heterocycles. The van der Waals surface area contributed by atoms with Crippen LogP contribution in [0.1, 0.15) is 24.0 Å². The second kappa shape index (κ2) is 9.15. The molecule has 0 unspecified atom stereocenters. The Morgan fingerprint density at radius 3 is 2.10 bits per heavy atom. The van der Waals surface area contributed by atoms with Crippen LogP contribution in [0.2, 0.25) is 0 Å². The predicted molar refractivity (Wildman–Crippen MR) is 85.3 cm³/mol. The topological polar surface area (TPSA) is 33.7 Å². The highest BCUT2D eigenvalue weighted by Crippen LogP contribution is 2.19. The van der Waals surface area contributed by atoms with E-state index in [1.807, 2.05) is 0 Å². The van der Waals surface area contributed by atoms with E-state index < -0.39 is 0 Å². The lowest BCUT2D eigenvalue weighted by Gasteiger charge is -2.21. The first-order valence-electron chi connectivity index (χ1n) is 7.83. The molecule has 0 aliphatic heterocycles. The van der Waals surface area contributed by atoms with Gasteiger partial charge in [-0.3, -0.25) is 4.90 Å². The Labute approximate surface area is 128 Å². The van der Waals surface area contributed by atoms with Crippen molar-refractivity contribution in [3.8, 4) is 0 Å². The maximum absolute atomic E-state index is 5.18. The van der Waals surface area contributed by atoms with Crippen LogP contribution >= 0.6 is 0 Å². The molecule has 0 amide bonds. The molecule has 1 fully saturated rings. The van der Waals surface area contributed by atoms with Gasteiger partial charge in [0.15, 0.2) is 0 Å². The summed E-state index contributed by atoms with van der Waals surface area (Å²) >= 11 is 0. The van der Waals surface area contributed by atoms with Gasteiger partial charge in [-0.05, 0) is 24.0 Å². The van der Waals surface area contributed by atoms with Crippen LogP contribution in [0.25, 0.3) is 0 Å². The zero-order valence-corrected chi connectivity index (χ0v) is 13.3. The summed E-state index contributed by atoms with van der Waals surface area (Å²) in [5.41, 5.74) is 2.71. The van der Waals surface area contributed by atoms with Crippen molar-refractivity contribution in [2.24, 2.45) is 0 Å². The van der Waals surface area contributed by atoms with Gasteiger partial charge < -0.3 is 14.8 Å². The Hall–Kier alpha value is -0.940. The van der Waals surface area contributed by atoms with Gasteiger partial charge in [-0.2, -0.15) is 0 Å². The first kappa shape index (κ1) is 16.4. The molecule has 0 atom stereocenters. The second-order valence-electron chi connectivity index (χ2n) is 5.73. The number of hydrogen-bond donors (Lipinski definition) is 1. The van der Waals surface area contributed by atoms with Crippen LogP contribution in [0.15, 0.2) is 24.3 Å². The van der Waals surface area contributed by atoms with Gasteiger partial charge in [0.1, 0.15) is 0 Å². The lowest BCUT2D eigenvalue weighted by Crippen LogP contribution is -2.30. The molecular weight excluding hydrogens is 264 g/mol. The molecule has 1 aliphatic rings. The summed E-state index contributed by atoms with van der Waals surface area (Å²) < 4.78 is 10.4. The van der Waals surface area contributed by atoms with Crippen molar-refractivity contribution in [1.29, 1.82) is 0 Å². The maximum Gasteiger partial charge on any atom is 0.0589 e. The van der Waals surface area contributed by atoms with Crippen molar-refractivity contribution in [2.45, 2.75) is 32.0 Å². The van der Waals surface area contributed by atoms with Gasteiger partial charge in [0, 0.05) is 46.4 Å². The average Bonchev–Trinajstić information content (AvgIpc) is 3.33. The Morgan fingerprint density at radius 1 is 1.00 bits per heavy atom. The fourth-order valence-electron chi connectivity index (χ4n) is 2.28. The maximum atomic E-state index is 5.18. The minimum absolute atomic E-state index is 0.757. The molecular formula is C17H28N2O2. The largest absolute Gasteiger partial charge is 0.383 e. The standard InChI is InChI=1S/C17H28N2O2/c1-20-11-9-19(10-12-21-2)14-16-5-3-15(4-6-16)13-18-17-7-8-17/h3-6,17-18H,7-14H2,1-2H3. The zero-order valence-electron chi connectivity index (χ0n) is 13.3. The van der Waals surface area contributed by atoms with Crippen molar-refractivity contribution >= 4 is 0 Å². The summed E-state index contributed by atoms with van der Waals surface area (Å²) in [4.78, 5) is 2.37. The summed E-state index contributed by atoms with van der Waals surface area (Å²) in [6, 6.07) is 9.70. The van der Waals surface area contributed by atoms with E-state index in [1.165, 1.54) is 24.0 Å². The first-order chi connectivity index (χ1) is 10.3. The molecule has 1 N–H and O–H groups in total. The summed E-state index contributed by atoms with van der Waals surface area (Å²) in [5, 5.41) is 3.55. The minimum Gasteiger partial charge on any atom is -0.383 e. The fraction of sp³-hybridized carbons (Fsp3) is 0.647. The van der Waals surface area contributed by atoms with Crippen molar-refractivity contribution in [3.05, 3.63) is 35.4 Å². The average molecular weight is 292 g/mol. The summed E-state index contributed by atoms with van der Waals surface area (Å²) in [7, 11) is 3.49. The van der Waals surface area contributed by atoms with Crippen LogP contribution in [-0.2, 0) is 22.6 Å².